The topological polar surface area (TPSA) is 61.4 Å². The van der Waals surface area contributed by atoms with Gasteiger partial charge in [-0.15, -0.1) is 0 Å². The van der Waals surface area contributed by atoms with E-state index in [4.69, 9.17) is 0 Å². The minimum atomic E-state index is -0.376. The molecule has 146 valence electrons. The number of likely N-dealkylation sites (tertiary alicyclic amines) is 1. The first kappa shape index (κ1) is 18.5. The van der Waals surface area contributed by atoms with E-state index < -0.39 is 0 Å². The van der Waals surface area contributed by atoms with Crippen molar-refractivity contribution < 1.29 is 14.0 Å². The number of hydrogen-bond acceptors (Lipinski definition) is 2. The lowest BCUT2D eigenvalue weighted by molar-refractivity contribution is -0.118. The second-order valence-corrected chi connectivity index (χ2v) is 7.77. The summed E-state index contributed by atoms with van der Waals surface area (Å²) in [6, 6.07) is 13.6. The molecule has 1 aliphatic carbocycles. The molecule has 1 saturated carbocycles. The van der Waals surface area contributed by atoms with Gasteiger partial charge in [-0.1, -0.05) is 25.1 Å². The van der Waals surface area contributed by atoms with Gasteiger partial charge in [0.15, 0.2) is 0 Å². The lowest BCUT2D eigenvalue weighted by atomic mass is 10.0. The van der Waals surface area contributed by atoms with Crippen LogP contribution in [-0.4, -0.2) is 29.9 Å². The first-order valence-corrected chi connectivity index (χ1v) is 9.70. The molecule has 1 aliphatic heterocycles. The summed E-state index contributed by atoms with van der Waals surface area (Å²) >= 11 is 0. The molecule has 5 nitrogen and oxygen atoms in total. The maximum absolute atomic E-state index is 13.3. The Morgan fingerprint density at radius 1 is 1.14 bits per heavy atom. The Morgan fingerprint density at radius 3 is 2.64 bits per heavy atom. The summed E-state index contributed by atoms with van der Waals surface area (Å²) in [6.07, 6.45) is 2.54. The molecule has 2 aromatic carbocycles. The fraction of sp³-hybridized carbons (Fsp3) is 0.364. The smallest absolute Gasteiger partial charge is 0.321 e. The maximum Gasteiger partial charge on any atom is 0.321 e. The van der Waals surface area contributed by atoms with Crippen LogP contribution in [0.3, 0.4) is 0 Å². The van der Waals surface area contributed by atoms with Crippen LogP contribution in [0.15, 0.2) is 48.5 Å². The van der Waals surface area contributed by atoms with Crippen molar-refractivity contribution in [2.24, 2.45) is 11.3 Å². The summed E-state index contributed by atoms with van der Waals surface area (Å²) in [5, 5.41) is 5.73. The average Bonchev–Trinajstić information content (AvgIpc) is 3.22. The van der Waals surface area contributed by atoms with Gasteiger partial charge in [-0.3, -0.25) is 4.79 Å². The van der Waals surface area contributed by atoms with Gasteiger partial charge in [-0.25, -0.2) is 9.18 Å². The number of benzene rings is 2. The summed E-state index contributed by atoms with van der Waals surface area (Å²) in [4.78, 5) is 26.9. The zero-order chi connectivity index (χ0) is 19.7. The van der Waals surface area contributed by atoms with Crippen LogP contribution in [0.25, 0.3) is 0 Å². The third-order valence-electron chi connectivity index (χ3n) is 5.88. The number of nitrogens with zero attached hydrogens (tertiary/aromatic N) is 1. The van der Waals surface area contributed by atoms with E-state index in [-0.39, 0.29) is 29.1 Å². The van der Waals surface area contributed by atoms with Crippen LogP contribution in [-0.2, 0) is 11.2 Å². The van der Waals surface area contributed by atoms with Crippen molar-refractivity contribution in [1.29, 1.82) is 0 Å². The standard InChI is InChI=1S/C22H24FN3O2/c1-2-15-6-8-17(9-7-15)25-21(28)26-11-10-22(14-26)13-19(22)20(27)24-18-5-3-4-16(23)12-18/h3-9,12,19H,2,10-11,13-14H2,1H3,(H,24,27)(H,25,28)/t19-,22+/m0/s1. The monoisotopic (exact) mass is 381 g/mol. The first-order chi connectivity index (χ1) is 13.5. The number of carbonyl (C=O) groups is 2. The van der Waals surface area contributed by atoms with Gasteiger partial charge < -0.3 is 15.5 Å². The van der Waals surface area contributed by atoms with Gasteiger partial charge in [-0.05, 0) is 55.2 Å². The molecule has 1 spiro atoms. The highest BCUT2D eigenvalue weighted by molar-refractivity contribution is 5.95. The Bertz CT molecular complexity index is 899. The van der Waals surface area contributed by atoms with Crippen LogP contribution in [0.4, 0.5) is 20.6 Å². The number of rotatable bonds is 4. The fourth-order valence-corrected chi connectivity index (χ4v) is 4.06. The van der Waals surface area contributed by atoms with Gasteiger partial charge in [0.1, 0.15) is 5.82 Å². The lowest BCUT2D eigenvalue weighted by Crippen LogP contribution is -2.33. The second kappa shape index (κ2) is 7.26. The van der Waals surface area contributed by atoms with E-state index in [0.29, 0.717) is 18.8 Å². The molecule has 2 aliphatic rings. The molecule has 4 rings (SSSR count). The number of carbonyl (C=O) groups excluding carboxylic acids is 2. The van der Waals surface area contributed by atoms with Crippen molar-refractivity contribution in [3.8, 4) is 0 Å². The number of urea groups is 1. The number of amides is 3. The van der Waals surface area contributed by atoms with Gasteiger partial charge >= 0.3 is 6.03 Å². The molecule has 0 bridgehead atoms. The van der Waals surface area contributed by atoms with Crippen LogP contribution in [0.1, 0.15) is 25.3 Å². The van der Waals surface area contributed by atoms with Crippen molar-refractivity contribution in [2.75, 3.05) is 23.7 Å². The third-order valence-corrected chi connectivity index (χ3v) is 5.88. The van der Waals surface area contributed by atoms with Gasteiger partial charge in [-0.2, -0.15) is 0 Å². The average molecular weight is 381 g/mol. The molecular formula is C22H24FN3O2. The van der Waals surface area contributed by atoms with E-state index in [1.165, 1.54) is 17.7 Å². The minimum absolute atomic E-state index is 0.0944. The molecule has 0 unspecified atom stereocenters. The van der Waals surface area contributed by atoms with E-state index in [1.807, 2.05) is 24.3 Å². The molecule has 1 heterocycles. The molecule has 28 heavy (non-hydrogen) atoms. The number of aryl methyl sites for hydroxylation is 1. The van der Waals surface area contributed by atoms with Crippen LogP contribution < -0.4 is 10.6 Å². The summed E-state index contributed by atoms with van der Waals surface area (Å²) in [6.45, 7) is 3.31. The molecule has 2 N–H and O–H groups in total. The third kappa shape index (κ3) is 3.72. The molecular weight excluding hydrogens is 357 g/mol. The summed E-state index contributed by atoms with van der Waals surface area (Å²) in [7, 11) is 0. The Morgan fingerprint density at radius 2 is 1.93 bits per heavy atom. The Balaban J connectivity index is 1.32. The summed E-state index contributed by atoms with van der Waals surface area (Å²) in [5.41, 5.74) is 2.33. The maximum atomic E-state index is 13.3. The quantitative estimate of drug-likeness (QED) is 0.831. The highest BCUT2D eigenvalue weighted by Gasteiger charge is 2.61. The second-order valence-electron chi connectivity index (χ2n) is 7.77. The Labute approximate surface area is 163 Å². The number of nitrogens with one attached hydrogen (secondary N) is 2. The molecule has 3 amide bonds. The van der Waals surface area contributed by atoms with E-state index in [9.17, 15) is 14.0 Å². The lowest BCUT2D eigenvalue weighted by Gasteiger charge is -2.18. The van der Waals surface area contributed by atoms with Gasteiger partial charge in [0.05, 0.1) is 0 Å². The van der Waals surface area contributed by atoms with Gasteiger partial charge in [0.2, 0.25) is 5.91 Å². The van der Waals surface area contributed by atoms with Gasteiger partial charge in [0.25, 0.3) is 0 Å². The van der Waals surface area contributed by atoms with Crippen molar-refractivity contribution in [1.82, 2.24) is 4.90 Å². The molecule has 2 aromatic rings. The fourth-order valence-electron chi connectivity index (χ4n) is 4.06. The molecule has 0 radical (unpaired) electrons. The molecule has 2 fully saturated rings. The first-order valence-electron chi connectivity index (χ1n) is 9.70. The molecule has 0 aromatic heterocycles. The number of hydrogen-bond donors (Lipinski definition) is 2. The zero-order valence-electron chi connectivity index (χ0n) is 15.9. The van der Waals surface area contributed by atoms with E-state index >= 15 is 0 Å². The normalized spacial score (nSPS) is 22.9. The zero-order valence-corrected chi connectivity index (χ0v) is 15.9. The van der Waals surface area contributed by atoms with Gasteiger partial charge in [0, 0.05) is 35.8 Å². The Kier molecular flexibility index (Phi) is 4.79. The van der Waals surface area contributed by atoms with E-state index in [2.05, 4.69) is 17.6 Å². The molecule has 2 atom stereocenters. The SMILES string of the molecule is CCc1ccc(NC(=O)N2CC[C@@]3(C[C@H]3C(=O)Nc3cccc(F)c3)C2)cc1. The van der Waals surface area contributed by atoms with Crippen molar-refractivity contribution in [3.05, 3.63) is 59.9 Å². The highest BCUT2D eigenvalue weighted by Crippen LogP contribution is 2.58. The van der Waals surface area contributed by atoms with Crippen LogP contribution in [0, 0.1) is 17.2 Å². The van der Waals surface area contributed by atoms with E-state index in [1.54, 1.807) is 17.0 Å². The van der Waals surface area contributed by atoms with Crippen molar-refractivity contribution in [3.63, 3.8) is 0 Å². The van der Waals surface area contributed by atoms with Crippen LogP contribution >= 0.6 is 0 Å². The summed E-state index contributed by atoms with van der Waals surface area (Å²) < 4.78 is 13.3. The Hall–Kier alpha value is -2.89. The summed E-state index contributed by atoms with van der Waals surface area (Å²) in [5.74, 6) is -0.598. The number of anilines is 2. The predicted octanol–water partition coefficient (Wildman–Crippen LogP) is 4.27. The predicted molar refractivity (Wildman–Crippen MR) is 107 cm³/mol. The highest BCUT2D eigenvalue weighted by atomic mass is 19.1. The molecule has 6 heteroatoms. The van der Waals surface area contributed by atoms with Crippen molar-refractivity contribution >= 4 is 23.3 Å². The van der Waals surface area contributed by atoms with Crippen LogP contribution in [0.5, 0.6) is 0 Å². The minimum Gasteiger partial charge on any atom is -0.326 e. The van der Waals surface area contributed by atoms with Crippen molar-refractivity contribution in [2.45, 2.75) is 26.2 Å². The molecule has 1 saturated heterocycles. The van der Waals surface area contributed by atoms with E-state index in [0.717, 1.165) is 24.9 Å². The number of halogens is 1. The largest absolute Gasteiger partial charge is 0.326 e. The van der Waals surface area contributed by atoms with Crippen LogP contribution in [0.2, 0.25) is 0 Å².